The van der Waals surface area contributed by atoms with Gasteiger partial charge in [0.2, 0.25) is 0 Å². The largest absolute Gasteiger partial charge is 0.494 e. The fourth-order valence-electron chi connectivity index (χ4n) is 2.46. The van der Waals surface area contributed by atoms with Gasteiger partial charge in [0.25, 0.3) is 0 Å². The molecular formula is C14H20O. The molecule has 15 heavy (non-hydrogen) atoms. The van der Waals surface area contributed by atoms with Gasteiger partial charge >= 0.3 is 0 Å². The number of hydrogen-bond donors (Lipinski definition) is 0. The molecule has 1 heteroatoms. The quantitative estimate of drug-likeness (QED) is 0.719. The lowest BCUT2D eigenvalue weighted by Gasteiger charge is -2.22. The van der Waals surface area contributed by atoms with Gasteiger partial charge in [-0.15, -0.1) is 0 Å². The van der Waals surface area contributed by atoms with Crippen molar-refractivity contribution in [1.82, 2.24) is 0 Å². The molecule has 0 spiro atoms. The zero-order valence-corrected chi connectivity index (χ0v) is 9.54. The van der Waals surface area contributed by atoms with Crippen molar-refractivity contribution >= 4 is 0 Å². The molecular weight excluding hydrogens is 184 g/mol. The first-order valence-electron chi connectivity index (χ1n) is 6.13. The average molecular weight is 204 g/mol. The predicted molar refractivity (Wildman–Crippen MR) is 63.4 cm³/mol. The Morgan fingerprint density at radius 1 is 1.20 bits per heavy atom. The lowest BCUT2D eigenvalue weighted by Crippen LogP contribution is -2.04. The molecule has 0 unspecified atom stereocenters. The van der Waals surface area contributed by atoms with Crippen molar-refractivity contribution in [3.8, 4) is 5.75 Å². The van der Waals surface area contributed by atoms with E-state index >= 15 is 0 Å². The topological polar surface area (TPSA) is 9.23 Å². The summed E-state index contributed by atoms with van der Waals surface area (Å²) >= 11 is 0. The Bertz CT molecular complexity index is 300. The number of ether oxygens (including phenoxy) is 1. The molecule has 1 fully saturated rings. The monoisotopic (exact) mass is 204 g/mol. The zero-order chi connectivity index (χ0) is 10.5. The molecule has 0 radical (unpaired) electrons. The summed E-state index contributed by atoms with van der Waals surface area (Å²) in [5.41, 5.74) is 1.47. The lowest BCUT2D eigenvalue weighted by atomic mass is 9.84. The van der Waals surface area contributed by atoms with Crippen LogP contribution >= 0.6 is 0 Å². The summed E-state index contributed by atoms with van der Waals surface area (Å²) < 4.78 is 5.54. The highest BCUT2D eigenvalue weighted by atomic mass is 16.5. The van der Waals surface area contributed by atoms with Gasteiger partial charge in [0.05, 0.1) is 6.61 Å². The van der Waals surface area contributed by atoms with Crippen LogP contribution < -0.4 is 4.74 Å². The van der Waals surface area contributed by atoms with Crippen molar-refractivity contribution in [1.29, 1.82) is 0 Å². The molecule has 2 rings (SSSR count). The maximum atomic E-state index is 5.54. The third-order valence-corrected chi connectivity index (χ3v) is 3.25. The van der Waals surface area contributed by atoms with E-state index in [1.807, 2.05) is 6.92 Å². The molecule has 0 N–H and O–H groups in total. The van der Waals surface area contributed by atoms with Crippen LogP contribution in [0.1, 0.15) is 50.5 Å². The average Bonchev–Trinajstić information content (AvgIpc) is 2.31. The van der Waals surface area contributed by atoms with E-state index < -0.39 is 0 Å². The van der Waals surface area contributed by atoms with Gasteiger partial charge in [-0.05, 0) is 43.4 Å². The Balaban J connectivity index is 2.09. The maximum absolute atomic E-state index is 5.54. The molecule has 0 amide bonds. The number of rotatable bonds is 3. The van der Waals surface area contributed by atoms with Gasteiger partial charge in [-0.3, -0.25) is 0 Å². The number of hydrogen-bond acceptors (Lipinski definition) is 1. The summed E-state index contributed by atoms with van der Waals surface area (Å²) in [6.45, 7) is 2.79. The van der Waals surface area contributed by atoms with Gasteiger partial charge in [-0.2, -0.15) is 0 Å². The molecule has 1 nitrogen and oxygen atoms in total. The summed E-state index contributed by atoms with van der Waals surface area (Å²) in [7, 11) is 0. The molecule has 1 aromatic carbocycles. The van der Waals surface area contributed by atoms with Crippen LogP contribution in [0.3, 0.4) is 0 Å². The van der Waals surface area contributed by atoms with Crippen LogP contribution in [0.15, 0.2) is 24.3 Å². The third kappa shape index (κ3) is 2.74. The SMILES string of the molecule is CCOc1cccc(C2CCCCC2)c1. The van der Waals surface area contributed by atoms with E-state index in [1.165, 1.54) is 37.7 Å². The molecule has 82 valence electrons. The van der Waals surface area contributed by atoms with E-state index in [4.69, 9.17) is 4.74 Å². The fourth-order valence-corrected chi connectivity index (χ4v) is 2.46. The van der Waals surface area contributed by atoms with Crippen LogP contribution in [0, 0.1) is 0 Å². The van der Waals surface area contributed by atoms with E-state index in [0.29, 0.717) is 0 Å². The Hall–Kier alpha value is -0.980. The van der Waals surface area contributed by atoms with Gasteiger partial charge in [-0.1, -0.05) is 31.4 Å². The summed E-state index contributed by atoms with van der Waals surface area (Å²) in [4.78, 5) is 0. The molecule has 0 bridgehead atoms. The minimum atomic E-state index is 0.758. The van der Waals surface area contributed by atoms with Gasteiger partial charge in [0.1, 0.15) is 5.75 Å². The van der Waals surface area contributed by atoms with Gasteiger partial charge in [0, 0.05) is 0 Å². The zero-order valence-electron chi connectivity index (χ0n) is 9.54. The predicted octanol–water partition coefficient (Wildman–Crippen LogP) is 4.13. The second kappa shape index (κ2) is 5.20. The van der Waals surface area contributed by atoms with Crippen LogP contribution in [-0.4, -0.2) is 6.61 Å². The molecule has 1 aliphatic rings. The van der Waals surface area contributed by atoms with Crippen molar-refractivity contribution in [2.24, 2.45) is 0 Å². The van der Waals surface area contributed by atoms with Gasteiger partial charge in [0.15, 0.2) is 0 Å². The molecule has 0 aromatic heterocycles. The smallest absolute Gasteiger partial charge is 0.119 e. The Morgan fingerprint density at radius 2 is 2.00 bits per heavy atom. The molecule has 0 atom stereocenters. The summed E-state index contributed by atoms with van der Waals surface area (Å²) in [6.07, 6.45) is 6.92. The van der Waals surface area contributed by atoms with Crippen LogP contribution in [-0.2, 0) is 0 Å². The molecule has 1 aliphatic carbocycles. The number of benzene rings is 1. The maximum Gasteiger partial charge on any atom is 0.119 e. The summed E-state index contributed by atoms with van der Waals surface area (Å²) in [6, 6.07) is 8.64. The van der Waals surface area contributed by atoms with Crippen LogP contribution in [0.4, 0.5) is 0 Å². The Kier molecular flexibility index (Phi) is 3.65. The molecule has 1 aromatic rings. The standard InChI is InChI=1S/C14H20O/c1-2-15-14-10-6-9-13(11-14)12-7-4-3-5-8-12/h6,9-12H,2-5,7-8H2,1H3. The first kappa shape index (κ1) is 10.5. The fraction of sp³-hybridized carbons (Fsp3) is 0.571. The van der Waals surface area contributed by atoms with Crippen molar-refractivity contribution in [2.45, 2.75) is 44.9 Å². The van der Waals surface area contributed by atoms with E-state index in [9.17, 15) is 0 Å². The molecule has 0 saturated heterocycles. The van der Waals surface area contributed by atoms with E-state index in [-0.39, 0.29) is 0 Å². The minimum absolute atomic E-state index is 0.758. The summed E-state index contributed by atoms with van der Waals surface area (Å²) in [5.74, 6) is 1.81. The minimum Gasteiger partial charge on any atom is -0.494 e. The van der Waals surface area contributed by atoms with Gasteiger partial charge in [-0.25, -0.2) is 0 Å². The van der Waals surface area contributed by atoms with Crippen LogP contribution in [0.25, 0.3) is 0 Å². The third-order valence-electron chi connectivity index (χ3n) is 3.25. The summed E-state index contributed by atoms with van der Waals surface area (Å²) in [5, 5.41) is 0. The molecule has 0 aliphatic heterocycles. The van der Waals surface area contributed by atoms with E-state index in [2.05, 4.69) is 24.3 Å². The first-order valence-corrected chi connectivity index (χ1v) is 6.13. The van der Waals surface area contributed by atoms with E-state index in [0.717, 1.165) is 18.3 Å². The highest BCUT2D eigenvalue weighted by Crippen LogP contribution is 2.33. The Labute approximate surface area is 92.5 Å². The molecule has 0 heterocycles. The van der Waals surface area contributed by atoms with E-state index in [1.54, 1.807) is 0 Å². The van der Waals surface area contributed by atoms with Crippen LogP contribution in [0.5, 0.6) is 5.75 Å². The first-order chi connectivity index (χ1) is 7.40. The van der Waals surface area contributed by atoms with Crippen molar-refractivity contribution in [2.75, 3.05) is 6.61 Å². The van der Waals surface area contributed by atoms with Gasteiger partial charge < -0.3 is 4.74 Å². The van der Waals surface area contributed by atoms with Crippen molar-refractivity contribution in [3.63, 3.8) is 0 Å². The van der Waals surface area contributed by atoms with Crippen LogP contribution in [0.2, 0.25) is 0 Å². The Morgan fingerprint density at radius 3 is 2.73 bits per heavy atom. The highest BCUT2D eigenvalue weighted by molar-refractivity contribution is 5.31. The van der Waals surface area contributed by atoms with Crippen molar-refractivity contribution in [3.05, 3.63) is 29.8 Å². The second-order valence-electron chi connectivity index (χ2n) is 4.34. The molecule has 1 saturated carbocycles. The highest BCUT2D eigenvalue weighted by Gasteiger charge is 2.15. The lowest BCUT2D eigenvalue weighted by molar-refractivity contribution is 0.339. The normalized spacial score (nSPS) is 17.7. The van der Waals surface area contributed by atoms with Crippen molar-refractivity contribution < 1.29 is 4.74 Å². The second-order valence-corrected chi connectivity index (χ2v) is 4.34.